The minimum Gasteiger partial charge on any atom is -0.489 e. The van der Waals surface area contributed by atoms with Crippen molar-refractivity contribution in [1.29, 1.82) is 0 Å². The Morgan fingerprint density at radius 3 is 2.69 bits per heavy atom. The summed E-state index contributed by atoms with van der Waals surface area (Å²) in [6, 6.07) is 13.8. The molecule has 1 saturated heterocycles. The Labute approximate surface area is 152 Å². The lowest BCUT2D eigenvalue weighted by Crippen LogP contribution is -2.35. The minimum absolute atomic E-state index is 0.0136. The van der Waals surface area contributed by atoms with Crippen LogP contribution in [0.1, 0.15) is 24.0 Å². The predicted octanol–water partition coefficient (Wildman–Crippen LogP) is 2.53. The maximum Gasteiger partial charge on any atom is 0.249 e. The second-order valence-corrected chi connectivity index (χ2v) is 6.34. The minimum atomic E-state index is -0.405. The van der Waals surface area contributed by atoms with Crippen LogP contribution in [-0.2, 0) is 22.7 Å². The molecule has 6 heteroatoms. The van der Waals surface area contributed by atoms with E-state index in [-0.39, 0.29) is 17.8 Å². The van der Waals surface area contributed by atoms with Crippen LogP contribution >= 0.6 is 0 Å². The number of nitrogens with two attached hydrogens (primary N) is 1. The lowest BCUT2D eigenvalue weighted by Gasteiger charge is -2.13. The highest BCUT2D eigenvalue weighted by molar-refractivity contribution is 5.81. The molecule has 0 spiro atoms. The number of carbonyl (C=O) groups excluding carboxylic acids is 1. The lowest BCUT2D eigenvalue weighted by atomic mass is 10.1. The molecule has 1 amide bonds. The maximum atomic E-state index is 13.1. The van der Waals surface area contributed by atoms with Gasteiger partial charge in [-0.05, 0) is 48.2 Å². The van der Waals surface area contributed by atoms with Gasteiger partial charge in [0.05, 0.1) is 6.10 Å². The van der Waals surface area contributed by atoms with Gasteiger partial charge >= 0.3 is 0 Å². The molecule has 1 fully saturated rings. The molecular weight excluding hydrogens is 335 g/mol. The van der Waals surface area contributed by atoms with E-state index in [0.717, 1.165) is 17.5 Å². The van der Waals surface area contributed by atoms with E-state index in [0.29, 0.717) is 31.9 Å². The molecule has 138 valence electrons. The van der Waals surface area contributed by atoms with Gasteiger partial charge < -0.3 is 20.5 Å². The monoisotopic (exact) mass is 358 g/mol. The zero-order valence-corrected chi connectivity index (χ0v) is 14.5. The number of rotatable bonds is 7. The van der Waals surface area contributed by atoms with E-state index in [1.54, 1.807) is 6.07 Å². The van der Waals surface area contributed by atoms with Crippen molar-refractivity contribution in [3.63, 3.8) is 0 Å². The summed E-state index contributed by atoms with van der Waals surface area (Å²) in [4.78, 5) is 12.1. The molecule has 0 bridgehead atoms. The van der Waals surface area contributed by atoms with Crippen LogP contribution in [0.3, 0.4) is 0 Å². The van der Waals surface area contributed by atoms with Gasteiger partial charge in [-0.15, -0.1) is 0 Å². The zero-order chi connectivity index (χ0) is 18.4. The van der Waals surface area contributed by atoms with E-state index in [1.807, 2.05) is 30.3 Å². The molecule has 0 saturated carbocycles. The summed E-state index contributed by atoms with van der Waals surface area (Å²) in [5.41, 5.74) is 7.29. The van der Waals surface area contributed by atoms with Crippen molar-refractivity contribution in [1.82, 2.24) is 5.32 Å². The summed E-state index contributed by atoms with van der Waals surface area (Å²) in [5, 5.41) is 2.88. The molecule has 1 heterocycles. The zero-order valence-electron chi connectivity index (χ0n) is 14.5. The number of hydrogen-bond acceptors (Lipinski definition) is 4. The fourth-order valence-corrected chi connectivity index (χ4v) is 2.87. The summed E-state index contributed by atoms with van der Waals surface area (Å²) >= 11 is 0. The number of carbonyl (C=O) groups is 1. The van der Waals surface area contributed by atoms with Crippen molar-refractivity contribution in [2.75, 3.05) is 6.54 Å². The van der Waals surface area contributed by atoms with Gasteiger partial charge in [0.15, 0.2) is 0 Å². The largest absolute Gasteiger partial charge is 0.489 e. The molecule has 0 unspecified atom stereocenters. The smallest absolute Gasteiger partial charge is 0.249 e. The second-order valence-electron chi connectivity index (χ2n) is 6.34. The molecular formula is C20H23FN2O3. The van der Waals surface area contributed by atoms with Gasteiger partial charge in [-0.2, -0.15) is 0 Å². The highest BCUT2D eigenvalue weighted by Crippen LogP contribution is 2.19. The second kappa shape index (κ2) is 8.78. The normalized spacial score (nSPS) is 19.3. The molecule has 2 aromatic carbocycles. The van der Waals surface area contributed by atoms with Gasteiger partial charge in [0, 0.05) is 13.1 Å². The lowest BCUT2D eigenvalue weighted by molar-refractivity contribution is -0.132. The first kappa shape index (κ1) is 18.4. The Morgan fingerprint density at radius 1 is 1.19 bits per heavy atom. The molecule has 2 aromatic rings. The van der Waals surface area contributed by atoms with E-state index in [9.17, 15) is 9.18 Å². The third-order valence-corrected chi connectivity index (χ3v) is 4.35. The molecule has 1 aliphatic heterocycles. The summed E-state index contributed by atoms with van der Waals surface area (Å²) < 4.78 is 24.4. The number of benzene rings is 2. The van der Waals surface area contributed by atoms with Gasteiger partial charge in [0.2, 0.25) is 5.91 Å². The number of halogens is 1. The van der Waals surface area contributed by atoms with Gasteiger partial charge in [0.1, 0.15) is 24.3 Å². The first-order valence-electron chi connectivity index (χ1n) is 8.73. The summed E-state index contributed by atoms with van der Waals surface area (Å²) in [7, 11) is 0. The Morgan fingerprint density at radius 2 is 2.00 bits per heavy atom. The third-order valence-electron chi connectivity index (χ3n) is 4.35. The van der Waals surface area contributed by atoms with Crippen molar-refractivity contribution in [2.45, 2.75) is 38.2 Å². The average molecular weight is 358 g/mol. The van der Waals surface area contributed by atoms with Crippen molar-refractivity contribution >= 4 is 5.91 Å². The number of hydrogen-bond donors (Lipinski definition) is 2. The summed E-state index contributed by atoms with van der Waals surface area (Å²) in [6.45, 7) is 1.17. The summed E-state index contributed by atoms with van der Waals surface area (Å²) in [5.74, 6) is 0.308. The molecule has 0 aliphatic carbocycles. The van der Waals surface area contributed by atoms with Crippen molar-refractivity contribution in [3.8, 4) is 5.75 Å². The molecule has 2 atom stereocenters. The fourth-order valence-electron chi connectivity index (χ4n) is 2.87. The maximum absolute atomic E-state index is 13.1. The topological polar surface area (TPSA) is 73.6 Å². The van der Waals surface area contributed by atoms with Crippen LogP contribution in [-0.4, -0.2) is 24.7 Å². The van der Waals surface area contributed by atoms with Gasteiger partial charge in [0.25, 0.3) is 0 Å². The Bertz CT molecular complexity index is 736. The van der Waals surface area contributed by atoms with Gasteiger partial charge in [-0.3, -0.25) is 4.79 Å². The van der Waals surface area contributed by atoms with Crippen LogP contribution in [0.25, 0.3) is 0 Å². The standard InChI is InChI=1S/C20H23FN2O3/c21-16-3-1-2-15(10-16)13-25-17-6-4-14(5-7-17)12-23-20(24)19-9-8-18(11-22)26-19/h1-7,10,18-19H,8-9,11-13,22H2,(H,23,24)/t18-,19+/m1/s1. The number of amides is 1. The van der Waals surface area contributed by atoms with E-state index in [1.165, 1.54) is 12.1 Å². The molecule has 3 N–H and O–H groups in total. The van der Waals surface area contributed by atoms with E-state index >= 15 is 0 Å². The van der Waals surface area contributed by atoms with Gasteiger partial charge in [-0.25, -0.2) is 4.39 Å². The SMILES string of the molecule is NC[C@H]1CC[C@@H](C(=O)NCc2ccc(OCc3cccc(F)c3)cc2)O1. The average Bonchev–Trinajstić information content (AvgIpc) is 3.15. The van der Waals surface area contributed by atoms with E-state index in [4.69, 9.17) is 15.2 Å². The number of ether oxygens (including phenoxy) is 2. The molecule has 26 heavy (non-hydrogen) atoms. The molecule has 0 radical (unpaired) electrons. The molecule has 3 rings (SSSR count). The third kappa shape index (κ3) is 5.03. The number of nitrogens with one attached hydrogen (secondary N) is 1. The van der Waals surface area contributed by atoms with Crippen molar-refractivity contribution < 1.29 is 18.7 Å². The van der Waals surface area contributed by atoms with E-state index < -0.39 is 6.10 Å². The van der Waals surface area contributed by atoms with E-state index in [2.05, 4.69) is 5.32 Å². The Kier molecular flexibility index (Phi) is 6.20. The highest BCUT2D eigenvalue weighted by atomic mass is 19.1. The quantitative estimate of drug-likeness (QED) is 0.798. The van der Waals surface area contributed by atoms with Crippen molar-refractivity contribution in [3.05, 3.63) is 65.5 Å². The van der Waals surface area contributed by atoms with Crippen LogP contribution in [0.15, 0.2) is 48.5 Å². The Balaban J connectivity index is 1.45. The Hall–Kier alpha value is -2.44. The van der Waals surface area contributed by atoms with Crippen LogP contribution < -0.4 is 15.8 Å². The summed E-state index contributed by atoms with van der Waals surface area (Å²) in [6.07, 6.45) is 1.12. The first-order valence-corrected chi connectivity index (χ1v) is 8.73. The van der Waals surface area contributed by atoms with Crippen molar-refractivity contribution in [2.24, 2.45) is 5.73 Å². The van der Waals surface area contributed by atoms with Gasteiger partial charge in [-0.1, -0.05) is 24.3 Å². The fraction of sp³-hybridized carbons (Fsp3) is 0.350. The first-order chi connectivity index (χ1) is 12.6. The predicted molar refractivity (Wildman–Crippen MR) is 96.0 cm³/mol. The van der Waals surface area contributed by atoms with Crippen LogP contribution in [0.4, 0.5) is 4.39 Å². The van der Waals surface area contributed by atoms with Crippen LogP contribution in [0.5, 0.6) is 5.75 Å². The molecule has 5 nitrogen and oxygen atoms in total. The molecule has 0 aromatic heterocycles. The van der Waals surface area contributed by atoms with Crippen LogP contribution in [0, 0.1) is 5.82 Å². The molecule has 1 aliphatic rings. The highest BCUT2D eigenvalue weighted by Gasteiger charge is 2.29. The van der Waals surface area contributed by atoms with Crippen LogP contribution in [0.2, 0.25) is 0 Å².